The normalized spacial score (nSPS) is 23.9. The van der Waals surface area contributed by atoms with Crippen molar-refractivity contribution in [3.05, 3.63) is 65.7 Å². The van der Waals surface area contributed by atoms with Gasteiger partial charge in [0.2, 0.25) is 0 Å². The number of hydrogen-bond acceptors (Lipinski definition) is 3. The summed E-state index contributed by atoms with van der Waals surface area (Å²) in [5.74, 6) is 1.13. The van der Waals surface area contributed by atoms with Gasteiger partial charge in [0.25, 0.3) is 0 Å². The highest BCUT2D eigenvalue weighted by Crippen LogP contribution is 2.33. The Balaban J connectivity index is 1.19. The van der Waals surface area contributed by atoms with Gasteiger partial charge in [-0.1, -0.05) is 48.5 Å². The van der Waals surface area contributed by atoms with Crippen molar-refractivity contribution in [3.63, 3.8) is 0 Å². The van der Waals surface area contributed by atoms with Gasteiger partial charge in [-0.25, -0.2) is 4.79 Å². The molecule has 136 valence electrons. The smallest absolute Gasteiger partial charge is 0.314 e. The van der Waals surface area contributed by atoms with Crippen molar-refractivity contribution in [1.29, 1.82) is 0 Å². The second kappa shape index (κ2) is 7.79. The van der Waals surface area contributed by atoms with Crippen LogP contribution in [0.1, 0.15) is 36.0 Å². The molecular weight excluding hydrogens is 328 g/mol. The molecule has 1 saturated heterocycles. The summed E-state index contributed by atoms with van der Waals surface area (Å²) in [5.41, 5.74) is 2.37. The number of nitrogens with one attached hydrogen (secondary N) is 2. The number of fused-ring (bicyclic) bond motifs is 1. The maximum Gasteiger partial charge on any atom is 0.314 e. The van der Waals surface area contributed by atoms with E-state index in [4.69, 9.17) is 9.47 Å². The number of hydrogen-bond donors (Lipinski definition) is 2. The van der Waals surface area contributed by atoms with Crippen molar-refractivity contribution in [2.45, 2.75) is 31.0 Å². The van der Waals surface area contributed by atoms with Crippen LogP contribution >= 0.6 is 0 Å². The maximum absolute atomic E-state index is 12.1. The fourth-order valence-corrected chi connectivity index (χ4v) is 3.65. The van der Waals surface area contributed by atoms with E-state index in [0.29, 0.717) is 19.7 Å². The summed E-state index contributed by atoms with van der Waals surface area (Å²) in [4.78, 5) is 12.1. The van der Waals surface area contributed by atoms with Crippen LogP contribution in [0, 0.1) is 0 Å². The lowest BCUT2D eigenvalue weighted by molar-refractivity contribution is 0.0462. The van der Waals surface area contributed by atoms with Gasteiger partial charge in [-0.2, -0.15) is 0 Å². The molecule has 0 radical (unpaired) electrons. The van der Waals surface area contributed by atoms with E-state index in [-0.39, 0.29) is 24.2 Å². The quantitative estimate of drug-likeness (QED) is 0.867. The summed E-state index contributed by atoms with van der Waals surface area (Å²) in [6, 6.07) is 18.1. The van der Waals surface area contributed by atoms with Crippen LogP contribution < -0.4 is 15.4 Å². The van der Waals surface area contributed by atoms with E-state index >= 15 is 0 Å². The molecule has 4 rings (SSSR count). The third-order valence-corrected chi connectivity index (χ3v) is 5.08. The first-order valence-electron chi connectivity index (χ1n) is 9.23. The minimum atomic E-state index is -0.152. The van der Waals surface area contributed by atoms with Crippen molar-refractivity contribution in [2.75, 3.05) is 19.7 Å². The van der Waals surface area contributed by atoms with Gasteiger partial charge in [0, 0.05) is 24.6 Å². The third kappa shape index (κ3) is 3.83. The Bertz CT molecular complexity index is 750. The summed E-state index contributed by atoms with van der Waals surface area (Å²) in [7, 11) is 0. The Morgan fingerprint density at radius 2 is 1.73 bits per heavy atom. The molecule has 26 heavy (non-hydrogen) atoms. The second-order valence-corrected chi connectivity index (χ2v) is 6.87. The molecule has 0 bridgehead atoms. The Morgan fingerprint density at radius 1 is 0.962 bits per heavy atom. The standard InChI is InChI=1S/C21H24N2O3/c24-21(22-12-16-14-25-20-9-5-4-8-18(16)20)23-13-17-10-11-19(26-17)15-6-2-1-3-7-15/h1-9,16-17,19H,10-14H2,(H2,22,23,24). The van der Waals surface area contributed by atoms with Gasteiger partial charge in [-0.15, -0.1) is 0 Å². The molecule has 2 aromatic rings. The Morgan fingerprint density at radius 3 is 2.62 bits per heavy atom. The summed E-state index contributed by atoms with van der Waals surface area (Å²) in [6.45, 7) is 1.72. The summed E-state index contributed by atoms with van der Waals surface area (Å²) in [5, 5.41) is 5.88. The monoisotopic (exact) mass is 352 g/mol. The number of carbonyl (C=O) groups excluding carboxylic acids is 1. The molecule has 2 N–H and O–H groups in total. The van der Waals surface area contributed by atoms with Gasteiger partial charge < -0.3 is 20.1 Å². The highest BCUT2D eigenvalue weighted by atomic mass is 16.5. The van der Waals surface area contributed by atoms with E-state index in [1.807, 2.05) is 36.4 Å². The fourth-order valence-electron chi connectivity index (χ4n) is 3.65. The van der Waals surface area contributed by atoms with E-state index < -0.39 is 0 Å². The second-order valence-electron chi connectivity index (χ2n) is 6.87. The van der Waals surface area contributed by atoms with Crippen LogP contribution in [0.2, 0.25) is 0 Å². The van der Waals surface area contributed by atoms with Gasteiger partial charge in [-0.3, -0.25) is 0 Å². The predicted molar refractivity (Wildman–Crippen MR) is 99.4 cm³/mol. The van der Waals surface area contributed by atoms with Crippen LogP contribution in [0.5, 0.6) is 5.75 Å². The number of rotatable bonds is 5. The molecule has 3 unspecified atom stereocenters. The topological polar surface area (TPSA) is 59.6 Å². The molecule has 2 aromatic carbocycles. The molecular formula is C21H24N2O3. The molecule has 1 fully saturated rings. The minimum Gasteiger partial charge on any atom is -0.493 e. The van der Waals surface area contributed by atoms with E-state index in [0.717, 1.165) is 24.2 Å². The SMILES string of the molecule is O=C(NCC1CCC(c2ccccc2)O1)NCC1COc2ccccc21. The molecule has 0 spiro atoms. The first-order valence-corrected chi connectivity index (χ1v) is 9.23. The van der Waals surface area contributed by atoms with Crippen molar-refractivity contribution < 1.29 is 14.3 Å². The highest BCUT2D eigenvalue weighted by molar-refractivity contribution is 5.74. The van der Waals surface area contributed by atoms with Gasteiger partial charge >= 0.3 is 6.03 Å². The third-order valence-electron chi connectivity index (χ3n) is 5.08. The van der Waals surface area contributed by atoms with Gasteiger partial charge in [-0.05, 0) is 24.5 Å². The van der Waals surface area contributed by atoms with Crippen LogP contribution in [-0.2, 0) is 4.74 Å². The molecule has 2 aliphatic rings. The zero-order valence-corrected chi connectivity index (χ0v) is 14.7. The average Bonchev–Trinajstić information content (AvgIpc) is 3.33. The molecule has 2 amide bonds. The Hall–Kier alpha value is -2.53. The molecule has 3 atom stereocenters. The number of carbonyl (C=O) groups is 1. The first-order chi connectivity index (χ1) is 12.8. The van der Waals surface area contributed by atoms with E-state index in [1.165, 1.54) is 5.56 Å². The van der Waals surface area contributed by atoms with Crippen molar-refractivity contribution in [3.8, 4) is 5.75 Å². The van der Waals surface area contributed by atoms with Crippen LogP contribution in [0.25, 0.3) is 0 Å². The zero-order chi connectivity index (χ0) is 17.8. The van der Waals surface area contributed by atoms with Crippen LogP contribution in [0.15, 0.2) is 54.6 Å². The molecule has 5 heteroatoms. The molecule has 0 aromatic heterocycles. The molecule has 0 saturated carbocycles. The highest BCUT2D eigenvalue weighted by Gasteiger charge is 2.27. The maximum atomic E-state index is 12.1. The number of urea groups is 1. The van der Waals surface area contributed by atoms with Crippen LogP contribution in [0.4, 0.5) is 4.79 Å². The zero-order valence-electron chi connectivity index (χ0n) is 14.7. The summed E-state index contributed by atoms with van der Waals surface area (Å²) >= 11 is 0. The summed E-state index contributed by atoms with van der Waals surface area (Å²) in [6.07, 6.45) is 2.16. The van der Waals surface area contributed by atoms with Crippen LogP contribution in [-0.4, -0.2) is 31.8 Å². The average molecular weight is 352 g/mol. The number of benzene rings is 2. The lowest BCUT2D eigenvalue weighted by Gasteiger charge is -2.16. The molecule has 5 nitrogen and oxygen atoms in total. The Labute approximate surface area is 153 Å². The predicted octanol–water partition coefficient (Wildman–Crippen LogP) is 3.38. The first kappa shape index (κ1) is 16.9. The van der Waals surface area contributed by atoms with Crippen molar-refractivity contribution in [2.24, 2.45) is 0 Å². The molecule has 2 aliphatic heterocycles. The van der Waals surface area contributed by atoms with Crippen molar-refractivity contribution >= 4 is 6.03 Å². The van der Waals surface area contributed by atoms with Crippen molar-refractivity contribution in [1.82, 2.24) is 10.6 Å². The van der Waals surface area contributed by atoms with E-state index in [9.17, 15) is 4.79 Å². The van der Waals surface area contributed by atoms with Gasteiger partial charge in [0.1, 0.15) is 5.75 Å². The van der Waals surface area contributed by atoms with E-state index in [2.05, 4.69) is 28.8 Å². The van der Waals surface area contributed by atoms with Gasteiger partial charge in [0.15, 0.2) is 0 Å². The van der Waals surface area contributed by atoms with E-state index in [1.54, 1.807) is 0 Å². The summed E-state index contributed by atoms with van der Waals surface area (Å²) < 4.78 is 11.7. The number of amides is 2. The molecule has 0 aliphatic carbocycles. The fraction of sp³-hybridized carbons (Fsp3) is 0.381. The van der Waals surface area contributed by atoms with Crippen LogP contribution in [0.3, 0.4) is 0 Å². The Kier molecular flexibility index (Phi) is 5.07. The minimum absolute atomic E-state index is 0.0708. The number of ether oxygens (including phenoxy) is 2. The van der Waals surface area contributed by atoms with Gasteiger partial charge in [0.05, 0.1) is 18.8 Å². The molecule has 2 heterocycles. The lowest BCUT2D eigenvalue weighted by atomic mass is 10.0. The largest absolute Gasteiger partial charge is 0.493 e. The number of para-hydroxylation sites is 1. The lowest BCUT2D eigenvalue weighted by Crippen LogP contribution is -2.41.